The molecule has 0 aromatic heterocycles. The molecule has 24 heavy (non-hydrogen) atoms. The normalized spacial score (nSPS) is 20.2. The molecule has 0 bridgehead atoms. The van der Waals surface area contributed by atoms with E-state index < -0.39 is 0 Å². The summed E-state index contributed by atoms with van der Waals surface area (Å²) >= 11 is 0. The van der Waals surface area contributed by atoms with Gasteiger partial charge < -0.3 is 15.4 Å². The number of carbonyl (C=O) groups is 2. The molecule has 0 spiro atoms. The summed E-state index contributed by atoms with van der Waals surface area (Å²) < 4.78 is 5.67. The molecule has 7 nitrogen and oxygen atoms in total. The fraction of sp³-hybridized carbons (Fsp3) is 0.529. The van der Waals surface area contributed by atoms with Gasteiger partial charge in [0.05, 0.1) is 12.0 Å². The van der Waals surface area contributed by atoms with E-state index in [2.05, 4.69) is 29.9 Å². The van der Waals surface area contributed by atoms with Crippen molar-refractivity contribution in [2.45, 2.75) is 26.4 Å². The van der Waals surface area contributed by atoms with Crippen LogP contribution in [0.15, 0.2) is 24.3 Å². The number of nitrogens with one attached hydrogen (secondary N) is 3. The van der Waals surface area contributed by atoms with Crippen molar-refractivity contribution >= 4 is 23.3 Å². The molecule has 132 valence electrons. The molecule has 3 N–H and O–H groups in total. The highest BCUT2D eigenvalue weighted by Gasteiger charge is 2.35. The van der Waals surface area contributed by atoms with E-state index in [9.17, 15) is 9.59 Å². The van der Waals surface area contributed by atoms with E-state index in [1.54, 1.807) is 43.4 Å². The SMILES string of the molecule is CC(C)[C@H]1OCC[C@@H]1C(=O)Nc1cccc(NC(=O)NN(C)C)c1. The molecule has 2 atom stereocenters. The molecule has 1 aromatic carbocycles. The predicted octanol–water partition coefficient (Wildman–Crippen LogP) is 2.28. The standard InChI is InChI=1S/C17H26N4O3/c1-11(2)15-14(8-9-24-15)16(22)18-12-6-5-7-13(10-12)19-17(23)20-21(3)4/h5-7,10-11,14-15H,8-9H2,1-4H3,(H,18,22)(H2,19,20,23)/t14-,15+/m0/s1. The van der Waals surface area contributed by atoms with Crippen molar-refractivity contribution < 1.29 is 14.3 Å². The number of urea groups is 1. The molecular weight excluding hydrogens is 308 g/mol. The van der Waals surface area contributed by atoms with Crippen LogP contribution in [0.1, 0.15) is 20.3 Å². The van der Waals surface area contributed by atoms with Gasteiger partial charge in [-0.25, -0.2) is 9.80 Å². The highest BCUT2D eigenvalue weighted by atomic mass is 16.5. The molecule has 2 rings (SSSR count). The highest BCUT2D eigenvalue weighted by Crippen LogP contribution is 2.28. The first kappa shape index (κ1) is 18.2. The van der Waals surface area contributed by atoms with Gasteiger partial charge in [-0.05, 0) is 30.5 Å². The first-order valence-corrected chi connectivity index (χ1v) is 8.14. The minimum Gasteiger partial charge on any atom is -0.377 e. The number of benzene rings is 1. The lowest BCUT2D eigenvalue weighted by Gasteiger charge is -2.21. The zero-order valence-electron chi connectivity index (χ0n) is 14.6. The van der Waals surface area contributed by atoms with Crippen LogP contribution in [0.3, 0.4) is 0 Å². The largest absolute Gasteiger partial charge is 0.377 e. The van der Waals surface area contributed by atoms with Crippen LogP contribution in [0.4, 0.5) is 16.2 Å². The number of nitrogens with zero attached hydrogens (tertiary/aromatic N) is 1. The molecule has 1 aromatic rings. The van der Waals surface area contributed by atoms with Gasteiger partial charge in [0.15, 0.2) is 0 Å². The monoisotopic (exact) mass is 334 g/mol. The van der Waals surface area contributed by atoms with Crippen LogP contribution in [0.5, 0.6) is 0 Å². The molecule has 1 fully saturated rings. The Morgan fingerprint density at radius 2 is 1.88 bits per heavy atom. The van der Waals surface area contributed by atoms with Crippen LogP contribution in [0.2, 0.25) is 0 Å². The van der Waals surface area contributed by atoms with Gasteiger partial charge in [-0.1, -0.05) is 19.9 Å². The van der Waals surface area contributed by atoms with Gasteiger partial charge in [-0.15, -0.1) is 0 Å². The van der Waals surface area contributed by atoms with Gasteiger partial charge >= 0.3 is 6.03 Å². The second-order valence-electron chi connectivity index (χ2n) is 6.51. The second kappa shape index (κ2) is 8.12. The summed E-state index contributed by atoms with van der Waals surface area (Å²) in [5.41, 5.74) is 3.85. The molecule has 1 saturated heterocycles. The summed E-state index contributed by atoms with van der Waals surface area (Å²) in [4.78, 5) is 24.2. The smallest absolute Gasteiger partial charge is 0.333 e. The van der Waals surface area contributed by atoms with Gasteiger partial charge in [0, 0.05) is 32.1 Å². The number of hydrazine groups is 1. The summed E-state index contributed by atoms with van der Waals surface area (Å²) in [5.74, 6) is 0.116. The van der Waals surface area contributed by atoms with Crippen molar-refractivity contribution in [2.24, 2.45) is 11.8 Å². The van der Waals surface area contributed by atoms with E-state index in [4.69, 9.17) is 4.74 Å². The van der Waals surface area contributed by atoms with E-state index in [-0.39, 0.29) is 24.0 Å². The van der Waals surface area contributed by atoms with Crippen LogP contribution in [0.25, 0.3) is 0 Å². The molecule has 1 aliphatic heterocycles. The van der Waals surface area contributed by atoms with E-state index in [0.29, 0.717) is 23.9 Å². The van der Waals surface area contributed by atoms with Crippen LogP contribution >= 0.6 is 0 Å². The summed E-state index contributed by atoms with van der Waals surface area (Å²) in [6, 6.07) is 6.74. The van der Waals surface area contributed by atoms with Crippen molar-refractivity contribution in [2.75, 3.05) is 31.3 Å². The lowest BCUT2D eigenvalue weighted by molar-refractivity contribution is -0.122. The van der Waals surface area contributed by atoms with Crippen LogP contribution in [0, 0.1) is 11.8 Å². The average Bonchev–Trinajstić information content (AvgIpc) is 2.96. The maximum atomic E-state index is 12.5. The molecule has 0 saturated carbocycles. The Bertz CT molecular complexity index is 589. The van der Waals surface area contributed by atoms with Gasteiger partial charge in [-0.2, -0.15) is 0 Å². The fourth-order valence-corrected chi connectivity index (χ4v) is 2.82. The quantitative estimate of drug-likeness (QED) is 0.722. The first-order valence-electron chi connectivity index (χ1n) is 8.14. The molecule has 1 heterocycles. The number of amides is 3. The van der Waals surface area contributed by atoms with Crippen LogP contribution < -0.4 is 16.1 Å². The van der Waals surface area contributed by atoms with Gasteiger partial charge in [0.25, 0.3) is 0 Å². The Morgan fingerprint density at radius 1 is 1.21 bits per heavy atom. The Kier molecular flexibility index (Phi) is 6.16. The molecule has 7 heteroatoms. The Labute approximate surface area is 142 Å². The van der Waals surface area contributed by atoms with Crippen molar-refractivity contribution in [1.29, 1.82) is 0 Å². The van der Waals surface area contributed by atoms with Gasteiger partial charge in [-0.3, -0.25) is 10.2 Å². The molecule has 1 aliphatic rings. The van der Waals surface area contributed by atoms with E-state index in [0.717, 1.165) is 6.42 Å². The first-order chi connectivity index (χ1) is 11.4. The molecule has 3 amide bonds. The third-order valence-corrected chi connectivity index (χ3v) is 3.84. The maximum absolute atomic E-state index is 12.5. The number of anilines is 2. The molecule has 0 aliphatic carbocycles. The third-order valence-electron chi connectivity index (χ3n) is 3.84. The predicted molar refractivity (Wildman–Crippen MR) is 93.6 cm³/mol. The average molecular weight is 334 g/mol. The fourth-order valence-electron chi connectivity index (χ4n) is 2.82. The number of hydrogen-bond acceptors (Lipinski definition) is 4. The topological polar surface area (TPSA) is 82.7 Å². The van der Waals surface area contributed by atoms with E-state index >= 15 is 0 Å². The summed E-state index contributed by atoms with van der Waals surface area (Å²) in [5, 5.41) is 7.19. The number of rotatable bonds is 5. The Balaban J connectivity index is 1.99. The summed E-state index contributed by atoms with van der Waals surface area (Å²) in [7, 11) is 3.45. The lowest BCUT2D eigenvalue weighted by atomic mass is 9.92. The number of carbonyl (C=O) groups excluding carboxylic acids is 2. The second-order valence-corrected chi connectivity index (χ2v) is 6.51. The van der Waals surface area contributed by atoms with Crippen molar-refractivity contribution in [3.05, 3.63) is 24.3 Å². The van der Waals surface area contributed by atoms with Crippen LogP contribution in [-0.4, -0.2) is 43.8 Å². The number of ether oxygens (including phenoxy) is 1. The van der Waals surface area contributed by atoms with Gasteiger partial charge in [0.1, 0.15) is 0 Å². The molecular formula is C17H26N4O3. The molecule has 0 unspecified atom stereocenters. The third kappa shape index (κ3) is 4.94. The Morgan fingerprint density at radius 3 is 2.50 bits per heavy atom. The summed E-state index contributed by atoms with van der Waals surface area (Å²) in [6.45, 7) is 4.74. The van der Waals surface area contributed by atoms with E-state index in [1.807, 2.05) is 0 Å². The lowest BCUT2D eigenvalue weighted by Crippen LogP contribution is -2.39. The highest BCUT2D eigenvalue weighted by molar-refractivity contribution is 5.95. The maximum Gasteiger partial charge on any atom is 0.333 e. The Hall–Kier alpha value is -2.12. The van der Waals surface area contributed by atoms with Gasteiger partial charge in [0.2, 0.25) is 5.91 Å². The minimum absolute atomic E-state index is 0.0407. The number of hydrogen-bond donors (Lipinski definition) is 3. The minimum atomic E-state index is -0.340. The van der Waals surface area contributed by atoms with E-state index in [1.165, 1.54) is 0 Å². The van der Waals surface area contributed by atoms with Crippen molar-refractivity contribution in [3.63, 3.8) is 0 Å². The van der Waals surface area contributed by atoms with Crippen LogP contribution in [-0.2, 0) is 9.53 Å². The van der Waals surface area contributed by atoms with Crippen molar-refractivity contribution in [1.82, 2.24) is 10.4 Å². The summed E-state index contributed by atoms with van der Waals surface area (Å²) in [6.07, 6.45) is 0.690. The van der Waals surface area contributed by atoms with Crippen molar-refractivity contribution in [3.8, 4) is 0 Å². The molecule has 0 radical (unpaired) electrons. The zero-order valence-corrected chi connectivity index (χ0v) is 14.6. The zero-order chi connectivity index (χ0) is 17.7.